The molecule has 6 heteroatoms. The first kappa shape index (κ1) is 17.7. The van der Waals surface area contributed by atoms with Gasteiger partial charge in [-0.25, -0.2) is 4.98 Å². The molecule has 6 nitrogen and oxygen atoms in total. The molecule has 0 saturated carbocycles. The van der Waals surface area contributed by atoms with Crippen molar-refractivity contribution in [3.8, 4) is 0 Å². The number of rotatable bonds is 4. The van der Waals surface area contributed by atoms with E-state index in [0.717, 1.165) is 44.0 Å². The number of hydrogen-bond acceptors (Lipinski definition) is 4. The van der Waals surface area contributed by atoms with Crippen LogP contribution in [0.2, 0.25) is 0 Å². The Hall–Kier alpha value is -2.11. The van der Waals surface area contributed by atoms with Crippen molar-refractivity contribution >= 4 is 23.3 Å². The molecule has 2 fully saturated rings. The van der Waals surface area contributed by atoms with Gasteiger partial charge in [0.05, 0.1) is 17.8 Å². The second-order valence-electron chi connectivity index (χ2n) is 7.37. The van der Waals surface area contributed by atoms with E-state index in [2.05, 4.69) is 15.2 Å². The first-order valence-corrected chi connectivity index (χ1v) is 9.35. The van der Waals surface area contributed by atoms with E-state index in [9.17, 15) is 9.59 Å². The van der Waals surface area contributed by atoms with Crippen LogP contribution >= 0.6 is 0 Å². The lowest BCUT2D eigenvalue weighted by molar-refractivity contribution is -0.137. The number of pyridine rings is 1. The van der Waals surface area contributed by atoms with Crippen LogP contribution in [0.25, 0.3) is 0 Å². The molecule has 0 aromatic carbocycles. The van der Waals surface area contributed by atoms with Crippen molar-refractivity contribution in [2.75, 3.05) is 36.4 Å². The fourth-order valence-electron chi connectivity index (χ4n) is 3.59. The number of hydrogen-bond donors (Lipinski definition) is 1. The quantitative estimate of drug-likeness (QED) is 0.911. The topological polar surface area (TPSA) is 65.5 Å². The minimum absolute atomic E-state index is 0.0167. The highest BCUT2D eigenvalue weighted by Crippen LogP contribution is 2.22. The number of piperidine rings is 1. The predicted octanol–water partition coefficient (Wildman–Crippen LogP) is 2.51. The van der Waals surface area contributed by atoms with Gasteiger partial charge >= 0.3 is 0 Å². The van der Waals surface area contributed by atoms with Crippen molar-refractivity contribution in [2.24, 2.45) is 11.8 Å². The molecule has 1 aromatic rings. The third-order valence-electron chi connectivity index (χ3n) is 5.04. The molecule has 1 aromatic heterocycles. The van der Waals surface area contributed by atoms with Gasteiger partial charge < -0.3 is 15.1 Å². The molecule has 0 aliphatic carbocycles. The van der Waals surface area contributed by atoms with E-state index in [1.807, 2.05) is 30.9 Å². The molecule has 0 unspecified atom stereocenters. The van der Waals surface area contributed by atoms with Crippen molar-refractivity contribution in [3.05, 3.63) is 18.3 Å². The third-order valence-corrected chi connectivity index (χ3v) is 5.04. The molecule has 1 atom stereocenters. The average Bonchev–Trinajstić information content (AvgIpc) is 3.16. The normalized spacial score (nSPS) is 20.8. The summed E-state index contributed by atoms with van der Waals surface area (Å²) in [4.78, 5) is 33.3. The molecular formula is C19H28N4O2. The Morgan fingerprint density at radius 3 is 2.56 bits per heavy atom. The number of aromatic nitrogens is 1. The molecule has 2 aliphatic heterocycles. The van der Waals surface area contributed by atoms with Gasteiger partial charge in [-0.15, -0.1) is 0 Å². The lowest BCUT2D eigenvalue weighted by atomic mass is 9.96. The van der Waals surface area contributed by atoms with Gasteiger partial charge in [0.1, 0.15) is 5.82 Å². The smallest absolute Gasteiger partial charge is 0.229 e. The number of nitrogens with zero attached hydrogens (tertiary/aromatic N) is 3. The molecule has 1 N–H and O–H groups in total. The molecule has 2 aliphatic rings. The lowest BCUT2D eigenvalue weighted by Gasteiger charge is -2.33. The van der Waals surface area contributed by atoms with E-state index >= 15 is 0 Å². The van der Waals surface area contributed by atoms with Gasteiger partial charge in [0, 0.05) is 32.1 Å². The zero-order chi connectivity index (χ0) is 17.8. The molecule has 25 heavy (non-hydrogen) atoms. The standard InChI is InChI=1S/C19H28N4O2/c1-14(2)19(25)23-11-5-6-15(13-23)18(24)21-16-7-8-17(20-12-16)22-9-3-4-10-22/h7-8,12,14-15H,3-6,9-11,13H2,1-2H3,(H,21,24)/t15-/m1/s1. The van der Waals surface area contributed by atoms with Crippen molar-refractivity contribution < 1.29 is 9.59 Å². The van der Waals surface area contributed by atoms with Gasteiger partial charge in [0.25, 0.3) is 0 Å². The summed E-state index contributed by atoms with van der Waals surface area (Å²) in [5.74, 6) is 0.923. The van der Waals surface area contributed by atoms with Crippen molar-refractivity contribution in [1.29, 1.82) is 0 Å². The Balaban J connectivity index is 1.57. The molecule has 136 valence electrons. The van der Waals surface area contributed by atoms with Crippen molar-refractivity contribution in [2.45, 2.75) is 39.5 Å². The van der Waals surface area contributed by atoms with Crippen LogP contribution in [0.3, 0.4) is 0 Å². The van der Waals surface area contributed by atoms with Gasteiger partial charge in [-0.1, -0.05) is 13.8 Å². The SMILES string of the molecule is CC(C)C(=O)N1CCC[C@@H](C(=O)Nc2ccc(N3CCCC3)nc2)C1. The third kappa shape index (κ3) is 4.30. The zero-order valence-corrected chi connectivity index (χ0v) is 15.2. The van der Waals surface area contributed by atoms with Crippen LogP contribution < -0.4 is 10.2 Å². The van der Waals surface area contributed by atoms with Gasteiger partial charge in [-0.3, -0.25) is 9.59 Å². The molecule has 3 rings (SSSR count). The minimum Gasteiger partial charge on any atom is -0.357 e. The molecule has 0 bridgehead atoms. The van der Waals surface area contributed by atoms with Crippen LogP contribution in [-0.4, -0.2) is 47.9 Å². The maximum Gasteiger partial charge on any atom is 0.229 e. The molecule has 2 saturated heterocycles. The van der Waals surface area contributed by atoms with Crippen LogP contribution in [0, 0.1) is 11.8 Å². The summed E-state index contributed by atoms with van der Waals surface area (Å²) in [6, 6.07) is 3.88. The summed E-state index contributed by atoms with van der Waals surface area (Å²) in [5.41, 5.74) is 0.722. The fourth-order valence-corrected chi connectivity index (χ4v) is 3.59. The van der Waals surface area contributed by atoms with E-state index in [-0.39, 0.29) is 23.7 Å². The average molecular weight is 344 g/mol. The number of amides is 2. The number of carbonyl (C=O) groups excluding carboxylic acids is 2. The van der Waals surface area contributed by atoms with Gasteiger partial charge in [0.2, 0.25) is 11.8 Å². The number of anilines is 2. The molecule has 0 spiro atoms. The summed E-state index contributed by atoms with van der Waals surface area (Å²) < 4.78 is 0. The molecule has 3 heterocycles. The number of carbonyl (C=O) groups is 2. The molecular weight excluding hydrogens is 316 g/mol. The van der Waals surface area contributed by atoms with Crippen LogP contribution in [0.4, 0.5) is 11.5 Å². The van der Waals surface area contributed by atoms with Crippen LogP contribution in [0.1, 0.15) is 39.5 Å². The van der Waals surface area contributed by atoms with E-state index in [4.69, 9.17) is 0 Å². The minimum atomic E-state index is -0.144. The monoisotopic (exact) mass is 344 g/mol. The summed E-state index contributed by atoms with van der Waals surface area (Å²) in [7, 11) is 0. The van der Waals surface area contributed by atoms with Crippen LogP contribution in [0.15, 0.2) is 18.3 Å². The second kappa shape index (κ2) is 7.85. The maximum absolute atomic E-state index is 12.6. The summed E-state index contributed by atoms with van der Waals surface area (Å²) in [6.45, 7) is 7.19. The Labute approximate surface area is 149 Å². The lowest BCUT2D eigenvalue weighted by Crippen LogP contribution is -2.45. The van der Waals surface area contributed by atoms with Gasteiger partial charge in [-0.05, 0) is 37.8 Å². The Morgan fingerprint density at radius 2 is 1.92 bits per heavy atom. The van der Waals surface area contributed by atoms with E-state index in [0.29, 0.717) is 6.54 Å². The summed E-state index contributed by atoms with van der Waals surface area (Å²) in [6.07, 6.45) is 5.86. The van der Waals surface area contributed by atoms with Gasteiger partial charge in [-0.2, -0.15) is 0 Å². The summed E-state index contributed by atoms with van der Waals surface area (Å²) in [5, 5.41) is 2.96. The number of nitrogens with one attached hydrogen (secondary N) is 1. The highest BCUT2D eigenvalue weighted by atomic mass is 16.2. The van der Waals surface area contributed by atoms with E-state index in [1.165, 1.54) is 12.8 Å². The largest absolute Gasteiger partial charge is 0.357 e. The number of likely N-dealkylation sites (tertiary alicyclic amines) is 1. The van der Waals surface area contributed by atoms with Crippen LogP contribution in [0.5, 0.6) is 0 Å². The Bertz CT molecular complexity index is 608. The molecule has 0 radical (unpaired) electrons. The van der Waals surface area contributed by atoms with Gasteiger partial charge in [0.15, 0.2) is 0 Å². The fraction of sp³-hybridized carbons (Fsp3) is 0.632. The van der Waals surface area contributed by atoms with Crippen LogP contribution in [-0.2, 0) is 9.59 Å². The van der Waals surface area contributed by atoms with E-state index in [1.54, 1.807) is 6.20 Å². The van der Waals surface area contributed by atoms with E-state index < -0.39 is 0 Å². The van der Waals surface area contributed by atoms with Crippen molar-refractivity contribution in [1.82, 2.24) is 9.88 Å². The van der Waals surface area contributed by atoms with Crippen molar-refractivity contribution in [3.63, 3.8) is 0 Å². The maximum atomic E-state index is 12.6. The first-order chi connectivity index (χ1) is 12.0. The predicted molar refractivity (Wildman–Crippen MR) is 98.5 cm³/mol. The Kier molecular flexibility index (Phi) is 5.56. The zero-order valence-electron chi connectivity index (χ0n) is 15.2. The summed E-state index contributed by atoms with van der Waals surface area (Å²) >= 11 is 0. The Morgan fingerprint density at radius 1 is 1.16 bits per heavy atom. The highest BCUT2D eigenvalue weighted by molar-refractivity contribution is 5.93. The molecule has 2 amide bonds. The first-order valence-electron chi connectivity index (χ1n) is 9.35. The second-order valence-corrected chi connectivity index (χ2v) is 7.37. The highest BCUT2D eigenvalue weighted by Gasteiger charge is 2.29.